The molecule has 1 saturated heterocycles. The molecule has 0 spiro atoms. The van der Waals surface area contributed by atoms with Gasteiger partial charge in [0.2, 0.25) is 0 Å². The Kier molecular flexibility index (Phi) is 5.84. The van der Waals surface area contributed by atoms with Crippen LogP contribution in [0, 0.1) is 12.8 Å². The number of carbonyl (C=O) groups is 1. The summed E-state index contributed by atoms with van der Waals surface area (Å²) in [5.41, 5.74) is 1.62. The van der Waals surface area contributed by atoms with E-state index in [1.807, 2.05) is 36.1 Å². The summed E-state index contributed by atoms with van der Waals surface area (Å²) in [7, 11) is 0. The second-order valence-corrected chi connectivity index (χ2v) is 8.85. The maximum Gasteiger partial charge on any atom is 0.391 e. The molecule has 2 aromatic heterocycles. The molecule has 0 radical (unpaired) electrons. The molecule has 30 heavy (non-hydrogen) atoms. The lowest BCUT2D eigenvalue weighted by molar-refractivity contribution is -0.185. The Balaban J connectivity index is 1.40. The van der Waals surface area contributed by atoms with E-state index in [1.54, 1.807) is 6.20 Å². The van der Waals surface area contributed by atoms with Crippen LogP contribution in [0.5, 0.6) is 0 Å². The molecule has 0 bridgehead atoms. The van der Waals surface area contributed by atoms with Crippen molar-refractivity contribution < 1.29 is 18.0 Å². The number of rotatable bonds is 5. The molecule has 0 amide bonds. The van der Waals surface area contributed by atoms with Crippen LogP contribution in [0.1, 0.15) is 23.5 Å². The van der Waals surface area contributed by atoms with Gasteiger partial charge >= 0.3 is 6.18 Å². The van der Waals surface area contributed by atoms with E-state index in [4.69, 9.17) is 0 Å². The Morgan fingerprint density at radius 2 is 1.93 bits per heavy atom. The molecule has 1 aliphatic heterocycles. The van der Waals surface area contributed by atoms with Crippen LogP contribution >= 0.6 is 11.3 Å². The van der Waals surface area contributed by atoms with Gasteiger partial charge in [-0.2, -0.15) is 13.2 Å². The van der Waals surface area contributed by atoms with Crippen molar-refractivity contribution >= 4 is 27.9 Å². The van der Waals surface area contributed by atoms with Crippen LogP contribution in [0.2, 0.25) is 0 Å². The fourth-order valence-corrected chi connectivity index (χ4v) is 4.44. The van der Waals surface area contributed by atoms with E-state index in [0.717, 1.165) is 26.4 Å². The van der Waals surface area contributed by atoms with Crippen LogP contribution in [-0.4, -0.2) is 51.7 Å². The number of nitrogens with zero attached hydrogens (tertiary/aromatic N) is 4. The fraction of sp³-hybridized carbons (Fsp3) is 0.429. The van der Waals surface area contributed by atoms with Crippen LogP contribution in [0.4, 0.5) is 13.2 Å². The average Bonchev–Trinajstić information content (AvgIpc) is 3.13. The predicted octanol–water partition coefficient (Wildman–Crippen LogP) is 4.45. The van der Waals surface area contributed by atoms with Crippen LogP contribution in [0.15, 0.2) is 30.5 Å². The summed E-state index contributed by atoms with van der Waals surface area (Å²) in [5.74, 6) is -1.29. The third kappa shape index (κ3) is 4.84. The molecule has 3 aromatic rings. The summed E-state index contributed by atoms with van der Waals surface area (Å²) in [5, 5.41) is 11.9. The first-order valence-corrected chi connectivity index (χ1v) is 10.6. The molecule has 0 aliphatic carbocycles. The van der Waals surface area contributed by atoms with Gasteiger partial charge in [-0.15, -0.1) is 10.2 Å². The van der Waals surface area contributed by atoms with Gasteiger partial charge in [0.1, 0.15) is 10.0 Å². The number of fused-ring (bicyclic) bond motifs is 1. The van der Waals surface area contributed by atoms with Gasteiger partial charge in [-0.1, -0.05) is 23.5 Å². The number of aromatic nitrogens is 3. The summed E-state index contributed by atoms with van der Waals surface area (Å²) in [6, 6.07) is 7.83. The Morgan fingerprint density at radius 3 is 2.60 bits per heavy atom. The lowest BCUT2D eigenvalue weighted by Gasteiger charge is -2.32. The van der Waals surface area contributed by atoms with Crippen molar-refractivity contribution in [3.05, 3.63) is 41.2 Å². The van der Waals surface area contributed by atoms with Gasteiger partial charge in [-0.3, -0.25) is 14.7 Å². The summed E-state index contributed by atoms with van der Waals surface area (Å²) in [6.45, 7) is 2.66. The summed E-state index contributed by atoms with van der Waals surface area (Å²) in [4.78, 5) is 18.7. The molecular weight excluding hydrogens is 413 g/mol. The first kappa shape index (κ1) is 20.9. The van der Waals surface area contributed by atoms with Crippen molar-refractivity contribution in [3.8, 4) is 10.6 Å². The molecule has 1 aliphatic rings. The topological polar surface area (TPSA) is 59.0 Å². The molecule has 3 heterocycles. The van der Waals surface area contributed by atoms with Crippen LogP contribution in [0.3, 0.4) is 0 Å². The highest BCUT2D eigenvalue weighted by Gasteiger charge is 2.41. The Morgan fingerprint density at radius 1 is 1.17 bits per heavy atom. The molecule has 158 valence electrons. The van der Waals surface area contributed by atoms with E-state index in [0.29, 0.717) is 18.8 Å². The van der Waals surface area contributed by atoms with E-state index in [1.165, 1.54) is 11.3 Å². The zero-order valence-corrected chi connectivity index (χ0v) is 17.3. The number of piperidine rings is 1. The van der Waals surface area contributed by atoms with Crippen molar-refractivity contribution in [1.29, 1.82) is 0 Å². The normalized spacial score (nSPS) is 16.3. The number of aryl methyl sites for hydroxylation is 1. The maximum atomic E-state index is 12.8. The quantitative estimate of drug-likeness (QED) is 0.594. The Bertz CT molecular complexity index is 1060. The van der Waals surface area contributed by atoms with Crippen molar-refractivity contribution in [1.82, 2.24) is 20.1 Å². The highest BCUT2D eigenvalue weighted by Crippen LogP contribution is 2.34. The van der Waals surface area contributed by atoms with Gasteiger partial charge in [0.05, 0.1) is 18.9 Å². The molecule has 9 heteroatoms. The Labute approximate surface area is 175 Å². The number of ketones is 1. The molecule has 0 saturated carbocycles. The van der Waals surface area contributed by atoms with Crippen LogP contribution in [-0.2, 0) is 11.2 Å². The van der Waals surface area contributed by atoms with Gasteiger partial charge in [0, 0.05) is 22.8 Å². The van der Waals surface area contributed by atoms with Crippen molar-refractivity contribution in [2.45, 2.75) is 32.4 Å². The minimum absolute atomic E-state index is 0.0387. The number of Topliss-reactive ketones (excluding diaryl/α,β-unsaturated/α-hetero) is 1. The number of hydrogen-bond acceptors (Lipinski definition) is 6. The molecule has 5 nitrogen and oxygen atoms in total. The van der Waals surface area contributed by atoms with Gasteiger partial charge in [-0.25, -0.2) is 0 Å². The zero-order valence-electron chi connectivity index (χ0n) is 16.4. The minimum Gasteiger partial charge on any atom is -0.298 e. The fourth-order valence-electron chi connectivity index (χ4n) is 3.76. The summed E-state index contributed by atoms with van der Waals surface area (Å²) < 4.78 is 38.4. The predicted molar refractivity (Wildman–Crippen MR) is 109 cm³/mol. The number of hydrogen-bond donors (Lipinski definition) is 0. The van der Waals surface area contributed by atoms with E-state index in [9.17, 15) is 18.0 Å². The van der Waals surface area contributed by atoms with E-state index < -0.39 is 12.1 Å². The highest BCUT2D eigenvalue weighted by molar-refractivity contribution is 7.14. The van der Waals surface area contributed by atoms with Gasteiger partial charge < -0.3 is 0 Å². The van der Waals surface area contributed by atoms with Crippen LogP contribution < -0.4 is 0 Å². The number of pyridine rings is 1. The first-order valence-electron chi connectivity index (χ1n) is 9.78. The molecule has 1 fully saturated rings. The van der Waals surface area contributed by atoms with Crippen LogP contribution in [0.25, 0.3) is 21.3 Å². The molecule has 0 unspecified atom stereocenters. The number of benzene rings is 1. The zero-order chi connectivity index (χ0) is 21.3. The molecule has 0 atom stereocenters. The second-order valence-electron chi connectivity index (χ2n) is 7.67. The third-order valence-electron chi connectivity index (χ3n) is 5.38. The molecule has 0 N–H and O–H groups in total. The van der Waals surface area contributed by atoms with Crippen molar-refractivity contribution in [2.24, 2.45) is 5.92 Å². The first-order chi connectivity index (χ1) is 14.3. The summed E-state index contributed by atoms with van der Waals surface area (Å²) in [6.07, 6.45) is -2.13. The standard InChI is InChI=1S/C21H21F3N4OS/c1-13-26-27-20(30-13)14-2-3-15-11-25-18(9-16(15)8-14)10-19(29)12-28-6-4-17(5-7-28)21(22,23)24/h2-3,8-9,11,17H,4-7,10,12H2,1H3. The number of alkyl halides is 3. The van der Waals surface area contributed by atoms with E-state index in [2.05, 4.69) is 15.2 Å². The molecule has 1 aromatic carbocycles. The SMILES string of the molecule is Cc1nnc(-c2ccc3cnc(CC(=O)CN4CCC(C(F)(F)F)CC4)cc3c2)s1. The van der Waals surface area contributed by atoms with Gasteiger partial charge in [-0.05, 0) is 50.4 Å². The molecule has 4 rings (SSSR count). The third-order valence-corrected chi connectivity index (χ3v) is 6.27. The monoisotopic (exact) mass is 434 g/mol. The Hall–Kier alpha value is -2.39. The molecular formula is C21H21F3N4OS. The van der Waals surface area contributed by atoms with Crippen molar-refractivity contribution in [2.75, 3.05) is 19.6 Å². The maximum absolute atomic E-state index is 12.8. The lowest BCUT2D eigenvalue weighted by Crippen LogP contribution is -2.41. The van der Waals surface area contributed by atoms with E-state index >= 15 is 0 Å². The average molecular weight is 434 g/mol. The number of likely N-dealkylation sites (tertiary alicyclic amines) is 1. The number of carbonyl (C=O) groups excluding carboxylic acids is 1. The van der Waals surface area contributed by atoms with Gasteiger partial charge in [0.25, 0.3) is 0 Å². The summed E-state index contributed by atoms with van der Waals surface area (Å²) >= 11 is 1.52. The lowest BCUT2D eigenvalue weighted by atomic mass is 9.96. The largest absolute Gasteiger partial charge is 0.391 e. The van der Waals surface area contributed by atoms with Crippen molar-refractivity contribution in [3.63, 3.8) is 0 Å². The highest BCUT2D eigenvalue weighted by atomic mass is 32.1. The minimum atomic E-state index is -4.14. The smallest absolute Gasteiger partial charge is 0.298 e. The number of halogens is 3. The van der Waals surface area contributed by atoms with E-state index in [-0.39, 0.29) is 31.6 Å². The van der Waals surface area contributed by atoms with Gasteiger partial charge in [0.15, 0.2) is 5.78 Å². The second kappa shape index (κ2) is 8.39.